The van der Waals surface area contributed by atoms with Gasteiger partial charge in [-0.3, -0.25) is 14.4 Å². The maximum atomic E-state index is 14.4. The van der Waals surface area contributed by atoms with Gasteiger partial charge in [0, 0.05) is 35.3 Å². The predicted molar refractivity (Wildman–Crippen MR) is 143 cm³/mol. The Morgan fingerprint density at radius 1 is 1.27 bits per heavy atom. The van der Waals surface area contributed by atoms with Crippen molar-refractivity contribution in [3.8, 4) is 0 Å². The smallest absolute Gasteiger partial charge is 0.247 e. The number of fused-ring (bicyclic) bond motifs is 1. The number of likely N-dealkylation sites (tertiary alicyclic amines) is 1. The number of ketones is 1. The summed E-state index contributed by atoms with van der Waals surface area (Å²) >= 11 is 6.03. The number of hydrogen-bond acceptors (Lipinski definition) is 4. The van der Waals surface area contributed by atoms with Crippen molar-refractivity contribution in [3.05, 3.63) is 90.4 Å². The van der Waals surface area contributed by atoms with Crippen LogP contribution in [0.15, 0.2) is 74.1 Å². The lowest BCUT2D eigenvalue weighted by atomic mass is 10.0. The Balaban J connectivity index is 1.62. The number of alkyl halides is 1. The van der Waals surface area contributed by atoms with E-state index in [2.05, 4.69) is 23.5 Å². The summed E-state index contributed by atoms with van der Waals surface area (Å²) in [5.41, 5.74) is 3.09. The number of carbonyl (C=O) groups is 3. The number of nitrogens with one attached hydrogen (secondary N) is 1. The molecular weight excluding hydrogens is 495 g/mol. The van der Waals surface area contributed by atoms with Gasteiger partial charge in [0.15, 0.2) is 10.9 Å². The molecule has 0 bridgehead atoms. The minimum atomic E-state index is -1.34. The van der Waals surface area contributed by atoms with Crippen molar-refractivity contribution in [2.24, 2.45) is 0 Å². The molecule has 1 saturated heterocycles. The minimum Gasteiger partial charge on any atom is -0.337 e. The lowest BCUT2D eigenvalue weighted by molar-refractivity contribution is -0.137. The number of carbonyl (C=O) groups excluding carboxylic acids is 3. The zero-order chi connectivity index (χ0) is 26.7. The van der Waals surface area contributed by atoms with Gasteiger partial charge in [-0.25, -0.2) is 9.37 Å². The second kappa shape index (κ2) is 10.9. The van der Waals surface area contributed by atoms with Gasteiger partial charge in [0.25, 0.3) is 0 Å². The summed E-state index contributed by atoms with van der Waals surface area (Å²) in [5, 5.41) is 3.42. The molecular formula is C28H26ClFN4O3. The predicted octanol–water partition coefficient (Wildman–Crippen LogP) is 5.23. The number of halogens is 2. The number of Topliss-reactive ketones (excluding diaryl/α,β-unsaturated/α-hetero) is 1. The van der Waals surface area contributed by atoms with Crippen LogP contribution in [0.25, 0.3) is 16.5 Å². The maximum absolute atomic E-state index is 14.4. The van der Waals surface area contributed by atoms with Crippen LogP contribution in [0.1, 0.15) is 29.3 Å². The highest BCUT2D eigenvalue weighted by Crippen LogP contribution is 2.29. The van der Waals surface area contributed by atoms with E-state index in [0.29, 0.717) is 16.5 Å². The van der Waals surface area contributed by atoms with Crippen LogP contribution in [0.3, 0.4) is 0 Å². The summed E-state index contributed by atoms with van der Waals surface area (Å²) < 4.78 is 16.1. The zero-order valence-electron chi connectivity index (χ0n) is 20.3. The van der Waals surface area contributed by atoms with E-state index in [1.807, 2.05) is 24.3 Å². The van der Waals surface area contributed by atoms with Gasteiger partial charge in [-0.1, -0.05) is 49.1 Å². The normalized spacial score (nSPS) is 17.6. The Bertz CT molecular complexity index is 1440. The number of hydrogen-bond donors (Lipinski definition) is 1. The molecule has 0 saturated carbocycles. The fraction of sp³-hybridized carbons (Fsp3) is 0.214. The van der Waals surface area contributed by atoms with Gasteiger partial charge in [0.05, 0.1) is 12.2 Å². The minimum absolute atomic E-state index is 0.0982. The molecule has 3 heterocycles. The van der Waals surface area contributed by atoms with Gasteiger partial charge in [-0.15, -0.1) is 0 Å². The molecule has 1 N–H and O–H groups in total. The molecule has 0 radical (unpaired) electrons. The molecule has 0 aliphatic carbocycles. The Hall–Kier alpha value is -4.04. The van der Waals surface area contributed by atoms with Crippen LogP contribution >= 0.6 is 11.6 Å². The number of pyridine rings is 1. The van der Waals surface area contributed by atoms with Crippen molar-refractivity contribution in [3.63, 3.8) is 0 Å². The molecule has 1 aliphatic heterocycles. The van der Waals surface area contributed by atoms with Crippen molar-refractivity contribution < 1.29 is 18.8 Å². The fourth-order valence-electron chi connectivity index (χ4n) is 4.54. The fourth-order valence-corrected chi connectivity index (χ4v) is 4.70. The van der Waals surface area contributed by atoms with Crippen LogP contribution in [0.5, 0.6) is 0 Å². The number of amides is 2. The third kappa shape index (κ3) is 5.39. The molecule has 7 nitrogen and oxygen atoms in total. The molecule has 1 aromatic carbocycles. The standard InChI is InChI=1S/C28H26ClFN4O3/c1-4-7-18(5-2)19-9-10-24-21(12-19)22(17(3)35)15-33(24)16-26(36)34-14-20(30)13-25(34)28(37)32-23-8-6-11-31-27(23)29/h4-12,15,20,25H,1-2,13-14,16H2,3H3,(H,32,37)/b18-7+/t20-,25+/m1/s1. The van der Waals surface area contributed by atoms with E-state index in [-0.39, 0.29) is 36.1 Å². The Morgan fingerprint density at radius 3 is 2.73 bits per heavy atom. The van der Waals surface area contributed by atoms with E-state index in [9.17, 15) is 18.8 Å². The molecule has 0 spiro atoms. The first-order valence-electron chi connectivity index (χ1n) is 11.7. The van der Waals surface area contributed by atoms with Gasteiger partial charge < -0.3 is 14.8 Å². The third-order valence-corrected chi connectivity index (χ3v) is 6.61. The second-order valence-corrected chi connectivity index (χ2v) is 9.10. The molecule has 9 heteroatoms. The van der Waals surface area contributed by atoms with Crippen LogP contribution in [0.2, 0.25) is 5.15 Å². The van der Waals surface area contributed by atoms with Crippen LogP contribution in [0.4, 0.5) is 10.1 Å². The Kier molecular flexibility index (Phi) is 7.69. The van der Waals surface area contributed by atoms with E-state index in [0.717, 1.165) is 11.1 Å². The monoisotopic (exact) mass is 520 g/mol. The van der Waals surface area contributed by atoms with Gasteiger partial charge in [-0.05, 0) is 42.3 Å². The maximum Gasteiger partial charge on any atom is 0.247 e. The summed E-state index contributed by atoms with van der Waals surface area (Å²) in [6.07, 6.45) is 6.80. The van der Waals surface area contributed by atoms with Gasteiger partial charge >= 0.3 is 0 Å². The molecule has 190 valence electrons. The molecule has 2 amide bonds. The first kappa shape index (κ1) is 26.0. The lowest BCUT2D eigenvalue weighted by Gasteiger charge is -2.24. The van der Waals surface area contributed by atoms with Crippen LogP contribution < -0.4 is 5.32 Å². The van der Waals surface area contributed by atoms with Crippen molar-refractivity contribution >= 4 is 51.4 Å². The van der Waals surface area contributed by atoms with Crippen molar-refractivity contribution in [2.75, 3.05) is 11.9 Å². The summed E-state index contributed by atoms with van der Waals surface area (Å²) in [6.45, 7) is 8.64. The molecule has 37 heavy (non-hydrogen) atoms. The Labute approximate surface area is 218 Å². The first-order valence-corrected chi connectivity index (χ1v) is 12.1. The third-order valence-electron chi connectivity index (χ3n) is 6.31. The summed E-state index contributed by atoms with van der Waals surface area (Å²) in [5.74, 6) is -1.13. The van der Waals surface area contributed by atoms with E-state index < -0.39 is 24.0 Å². The summed E-state index contributed by atoms with van der Waals surface area (Å²) in [6, 6.07) is 7.74. The molecule has 4 rings (SSSR count). The largest absolute Gasteiger partial charge is 0.337 e. The molecule has 0 unspecified atom stereocenters. The number of nitrogens with zero attached hydrogens (tertiary/aromatic N) is 3. The van der Waals surface area contributed by atoms with E-state index in [1.165, 1.54) is 18.0 Å². The van der Waals surface area contributed by atoms with Gasteiger partial charge in [0.2, 0.25) is 11.8 Å². The number of anilines is 1. The highest BCUT2D eigenvalue weighted by atomic mass is 35.5. The van der Waals surface area contributed by atoms with Crippen molar-refractivity contribution in [1.29, 1.82) is 0 Å². The quantitative estimate of drug-likeness (QED) is 0.250. The van der Waals surface area contributed by atoms with Crippen molar-refractivity contribution in [1.82, 2.24) is 14.5 Å². The Morgan fingerprint density at radius 2 is 2.05 bits per heavy atom. The lowest BCUT2D eigenvalue weighted by Crippen LogP contribution is -2.44. The average Bonchev–Trinajstić information content (AvgIpc) is 3.44. The van der Waals surface area contributed by atoms with Gasteiger partial charge in [-0.2, -0.15) is 0 Å². The summed E-state index contributed by atoms with van der Waals surface area (Å²) in [4.78, 5) is 43.8. The molecule has 2 aromatic heterocycles. The number of allylic oxidation sites excluding steroid dienone is 4. The highest BCUT2D eigenvalue weighted by Gasteiger charge is 2.40. The molecule has 3 aromatic rings. The second-order valence-electron chi connectivity index (χ2n) is 8.75. The summed E-state index contributed by atoms with van der Waals surface area (Å²) in [7, 11) is 0. The average molecular weight is 521 g/mol. The number of benzene rings is 1. The van der Waals surface area contributed by atoms with Crippen LogP contribution in [-0.4, -0.2) is 50.8 Å². The van der Waals surface area contributed by atoms with Crippen LogP contribution in [0, 0.1) is 0 Å². The van der Waals surface area contributed by atoms with Crippen LogP contribution in [-0.2, 0) is 16.1 Å². The number of aromatic nitrogens is 2. The first-order chi connectivity index (χ1) is 17.7. The molecule has 2 atom stereocenters. The van der Waals surface area contributed by atoms with Crippen molar-refractivity contribution in [2.45, 2.75) is 32.1 Å². The molecule has 1 aliphatic rings. The van der Waals surface area contributed by atoms with E-state index in [4.69, 9.17) is 11.6 Å². The topological polar surface area (TPSA) is 84.3 Å². The van der Waals surface area contributed by atoms with E-state index in [1.54, 1.807) is 35.0 Å². The van der Waals surface area contributed by atoms with E-state index >= 15 is 0 Å². The molecule has 1 fully saturated rings. The highest BCUT2D eigenvalue weighted by molar-refractivity contribution is 6.32. The number of rotatable bonds is 8. The van der Waals surface area contributed by atoms with Gasteiger partial charge in [0.1, 0.15) is 18.8 Å². The zero-order valence-corrected chi connectivity index (χ0v) is 21.0. The SMILES string of the molecule is C=C/C=C(\C=C)c1ccc2c(c1)c(C(C)=O)cn2CC(=O)N1C[C@H](F)C[C@H]1C(=O)Nc1cccnc1Cl.